The lowest BCUT2D eigenvalue weighted by Gasteiger charge is -2.27. The molecule has 1 aliphatic heterocycles. The number of nitrogens with zero attached hydrogens (tertiary/aromatic N) is 5. The Morgan fingerprint density at radius 2 is 1.53 bits per heavy atom. The summed E-state index contributed by atoms with van der Waals surface area (Å²) >= 11 is 1.32. The molecular weight excluding hydrogens is 482 g/mol. The van der Waals surface area contributed by atoms with Crippen LogP contribution in [0, 0.1) is 27.2 Å². The predicted octanol–water partition coefficient (Wildman–Crippen LogP) is 4.69. The summed E-state index contributed by atoms with van der Waals surface area (Å²) in [6.45, 7) is 4.59. The minimum atomic E-state index is -0.440. The number of aromatic nitrogens is 2. The normalized spacial score (nSPS) is 14.0. The zero-order chi connectivity index (χ0) is 25.7. The second-order valence-electron chi connectivity index (χ2n) is 8.83. The van der Waals surface area contributed by atoms with Crippen LogP contribution in [0.15, 0.2) is 58.5 Å². The van der Waals surface area contributed by atoms with Crippen molar-refractivity contribution in [2.45, 2.75) is 50.2 Å². The SMILES string of the molecule is Cc1c(CN2CCCCC2)c(=O)nc(SCc2cccc([N+](=O)[O-])c2)n1Cc1cccc([N+](=O)[O-])c1. The van der Waals surface area contributed by atoms with Crippen LogP contribution in [0.25, 0.3) is 0 Å². The summed E-state index contributed by atoms with van der Waals surface area (Å²) in [7, 11) is 0. The van der Waals surface area contributed by atoms with Crippen molar-refractivity contribution in [2.75, 3.05) is 13.1 Å². The molecule has 0 saturated carbocycles. The highest BCUT2D eigenvalue weighted by Crippen LogP contribution is 2.26. The Bertz CT molecular complexity index is 1340. The fourth-order valence-corrected chi connectivity index (χ4v) is 5.33. The molecule has 188 valence electrons. The first kappa shape index (κ1) is 25.5. The van der Waals surface area contributed by atoms with E-state index in [4.69, 9.17) is 0 Å². The van der Waals surface area contributed by atoms with E-state index in [0.717, 1.165) is 42.8 Å². The van der Waals surface area contributed by atoms with Gasteiger partial charge in [-0.1, -0.05) is 42.4 Å². The van der Waals surface area contributed by atoms with Gasteiger partial charge in [0.2, 0.25) is 0 Å². The summed E-state index contributed by atoms with van der Waals surface area (Å²) < 4.78 is 1.92. The Kier molecular flexibility index (Phi) is 8.11. The second kappa shape index (κ2) is 11.4. The molecule has 2 heterocycles. The van der Waals surface area contributed by atoms with Crippen molar-refractivity contribution in [1.29, 1.82) is 0 Å². The highest BCUT2D eigenvalue weighted by molar-refractivity contribution is 7.98. The lowest BCUT2D eigenvalue weighted by molar-refractivity contribution is -0.385. The summed E-state index contributed by atoms with van der Waals surface area (Å²) in [4.78, 5) is 41.3. The van der Waals surface area contributed by atoms with Gasteiger partial charge in [-0.3, -0.25) is 29.9 Å². The van der Waals surface area contributed by atoms with Gasteiger partial charge in [0, 0.05) is 42.3 Å². The van der Waals surface area contributed by atoms with E-state index in [0.29, 0.717) is 29.6 Å². The average molecular weight is 510 g/mol. The zero-order valence-corrected chi connectivity index (χ0v) is 20.8. The molecule has 0 radical (unpaired) electrons. The van der Waals surface area contributed by atoms with Gasteiger partial charge in [-0.2, -0.15) is 4.98 Å². The van der Waals surface area contributed by atoms with Crippen LogP contribution in [-0.2, 0) is 18.8 Å². The fraction of sp³-hybridized carbons (Fsp3) is 0.360. The largest absolute Gasteiger partial charge is 0.320 e. The van der Waals surface area contributed by atoms with Crippen LogP contribution in [0.2, 0.25) is 0 Å². The summed E-state index contributed by atoms with van der Waals surface area (Å²) in [6.07, 6.45) is 3.40. The first-order valence-electron chi connectivity index (χ1n) is 11.7. The quantitative estimate of drug-likeness (QED) is 0.176. The molecule has 1 aromatic heterocycles. The first-order valence-corrected chi connectivity index (χ1v) is 12.7. The third kappa shape index (κ3) is 6.16. The van der Waals surface area contributed by atoms with Crippen LogP contribution >= 0.6 is 11.8 Å². The highest BCUT2D eigenvalue weighted by atomic mass is 32.2. The van der Waals surface area contributed by atoms with E-state index in [1.54, 1.807) is 18.2 Å². The molecule has 11 heteroatoms. The summed E-state index contributed by atoms with van der Waals surface area (Å²) in [5.74, 6) is 0.383. The number of non-ortho nitro benzene ring substituents is 2. The lowest BCUT2D eigenvalue weighted by Crippen LogP contribution is -2.33. The summed E-state index contributed by atoms with van der Waals surface area (Å²) in [5, 5.41) is 22.9. The van der Waals surface area contributed by atoms with E-state index in [1.165, 1.54) is 42.4 Å². The van der Waals surface area contributed by atoms with E-state index in [9.17, 15) is 25.0 Å². The summed E-state index contributed by atoms with van der Waals surface area (Å²) in [6, 6.07) is 12.8. The Hall–Kier alpha value is -3.57. The Morgan fingerprint density at radius 3 is 2.17 bits per heavy atom. The minimum absolute atomic E-state index is 0.00139. The van der Waals surface area contributed by atoms with Gasteiger partial charge in [-0.05, 0) is 44.0 Å². The van der Waals surface area contributed by atoms with Crippen LogP contribution < -0.4 is 5.56 Å². The molecule has 2 aromatic carbocycles. The number of rotatable bonds is 9. The molecule has 0 atom stereocenters. The molecule has 1 saturated heterocycles. The zero-order valence-electron chi connectivity index (χ0n) is 20.0. The van der Waals surface area contributed by atoms with E-state index in [2.05, 4.69) is 9.88 Å². The van der Waals surface area contributed by atoms with Gasteiger partial charge in [0.25, 0.3) is 16.9 Å². The number of benzene rings is 2. The Balaban J connectivity index is 1.68. The third-order valence-electron chi connectivity index (χ3n) is 6.31. The number of nitro groups is 2. The highest BCUT2D eigenvalue weighted by Gasteiger charge is 2.20. The number of likely N-dealkylation sites (tertiary alicyclic amines) is 1. The maximum absolute atomic E-state index is 13.1. The fourth-order valence-electron chi connectivity index (χ4n) is 4.35. The van der Waals surface area contributed by atoms with Gasteiger partial charge in [-0.25, -0.2) is 0 Å². The molecule has 1 aliphatic rings. The van der Waals surface area contributed by atoms with E-state index >= 15 is 0 Å². The van der Waals surface area contributed by atoms with Crippen molar-refractivity contribution >= 4 is 23.1 Å². The maximum Gasteiger partial charge on any atom is 0.278 e. The number of hydrogen-bond acceptors (Lipinski definition) is 8. The van der Waals surface area contributed by atoms with Crippen LogP contribution in [0.3, 0.4) is 0 Å². The second-order valence-corrected chi connectivity index (χ2v) is 9.77. The standard InChI is InChI=1S/C25H27N5O5S/c1-18-23(16-27-11-3-2-4-12-27)24(31)26-25(36-17-20-8-6-10-22(14-20)30(34)35)28(18)15-19-7-5-9-21(13-19)29(32)33/h5-10,13-14H,2-4,11-12,15-17H2,1H3. The molecule has 10 nitrogen and oxygen atoms in total. The van der Waals surface area contributed by atoms with Crippen molar-refractivity contribution in [2.24, 2.45) is 0 Å². The molecule has 0 N–H and O–H groups in total. The number of nitro benzene ring substituents is 2. The van der Waals surface area contributed by atoms with Crippen LogP contribution in [0.4, 0.5) is 11.4 Å². The first-order chi connectivity index (χ1) is 17.3. The van der Waals surface area contributed by atoms with Gasteiger partial charge in [0.1, 0.15) is 0 Å². The molecule has 4 rings (SSSR count). The molecule has 0 spiro atoms. The summed E-state index contributed by atoms with van der Waals surface area (Å²) in [5.41, 5.74) is 2.58. The molecular formula is C25H27N5O5S. The lowest BCUT2D eigenvalue weighted by atomic mass is 10.1. The van der Waals surface area contributed by atoms with Gasteiger partial charge in [0.15, 0.2) is 5.16 Å². The third-order valence-corrected chi connectivity index (χ3v) is 7.36. The smallest absolute Gasteiger partial charge is 0.278 e. The van der Waals surface area contributed by atoms with Crippen molar-refractivity contribution < 1.29 is 9.85 Å². The van der Waals surface area contributed by atoms with E-state index in [-0.39, 0.29) is 16.9 Å². The van der Waals surface area contributed by atoms with E-state index in [1.807, 2.05) is 17.6 Å². The van der Waals surface area contributed by atoms with Gasteiger partial charge in [-0.15, -0.1) is 0 Å². The minimum Gasteiger partial charge on any atom is -0.320 e. The topological polar surface area (TPSA) is 124 Å². The molecule has 1 fully saturated rings. The van der Waals surface area contributed by atoms with Crippen LogP contribution in [-0.4, -0.2) is 37.4 Å². The van der Waals surface area contributed by atoms with Crippen LogP contribution in [0.5, 0.6) is 0 Å². The van der Waals surface area contributed by atoms with Crippen LogP contribution in [0.1, 0.15) is 41.6 Å². The van der Waals surface area contributed by atoms with Crippen molar-refractivity contribution in [3.05, 3.63) is 101 Å². The monoisotopic (exact) mass is 509 g/mol. The van der Waals surface area contributed by atoms with Crippen molar-refractivity contribution in [1.82, 2.24) is 14.5 Å². The van der Waals surface area contributed by atoms with Gasteiger partial charge in [0.05, 0.1) is 22.0 Å². The maximum atomic E-state index is 13.1. The Labute approximate surface area is 212 Å². The van der Waals surface area contributed by atoms with Gasteiger partial charge >= 0.3 is 0 Å². The van der Waals surface area contributed by atoms with Gasteiger partial charge < -0.3 is 4.57 Å². The van der Waals surface area contributed by atoms with Crippen molar-refractivity contribution in [3.63, 3.8) is 0 Å². The molecule has 0 unspecified atom stereocenters. The number of thioether (sulfide) groups is 1. The molecule has 0 amide bonds. The predicted molar refractivity (Wildman–Crippen MR) is 137 cm³/mol. The average Bonchev–Trinajstić information content (AvgIpc) is 2.88. The molecule has 3 aromatic rings. The number of piperidine rings is 1. The van der Waals surface area contributed by atoms with Crippen molar-refractivity contribution in [3.8, 4) is 0 Å². The Morgan fingerprint density at radius 1 is 0.917 bits per heavy atom. The molecule has 0 bridgehead atoms. The molecule has 0 aliphatic carbocycles. The molecule has 36 heavy (non-hydrogen) atoms. The van der Waals surface area contributed by atoms with E-state index < -0.39 is 9.85 Å². The number of hydrogen-bond donors (Lipinski definition) is 0.